The summed E-state index contributed by atoms with van der Waals surface area (Å²) in [5, 5.41) is 9.68. The third kappa shape index (κ3) is 5.61. The van der Waals surface area contributed by atoms with Gasteiger partial charge in [0.15, 0.2) is 0 Å². The molecule has 0 saturated carbocycles. The van der Waals surface area contributed by atoms with E-state index in [2.05, 4.69) is 15.7 Å². The van der Waals surface area contributed by atoms with Gasteiger partial charge in [0.2, 0.25) is 5.91 Å². The van der Waals surface area contributed by atoms with E-state index in [0.717, 1.165) is 4.68 Å². The maximum Gasteiger partial charge on any atom is 0.276 e. The molecular weight excluding hydrogens is 424 g/mol. The Morgan fingerprint density at radius 2 is 1.74 bits per heavy atom. The predicted octanol–water partition coefficient (Wildman–Crippen LogP) is 2.80. The van der Waals surface area contributed by atoms with Gasteiger partial charge in [-0.05, 0) is 48.5 Å². The van der Waals surface area contributed by atoms with E-state index in [1.165, 1.54) is 25.3 Å². The van der Waals surface area contributed by atoms with Gasteiger partial charge < -0.3 is 20.1 Å². The smallest absolute Gasteiger partial charge is 0.276 e. The molecule has 2 amide bonds. The SMILES string of the molecule is COc1ccc(NC(=O)c2ccc(=O)n(CC(=O)Nc3cc(Cl)ccc3OC)n2)cc1. The number of ether oxygens (including phenoxy) is 2. The highest BCUT2D eigenvalue weighted by Gasteiger charge is 2.14. The fourth-order valence-electron chi connectivity index (χ4n) is 2.66. The van der Waals surface area contributed by atoms with Gasteiger partial charge in [-0.3, -0.25) is 14.4 Å². The van der Waals surface area contributed by atoms with Gasteiger partial charge in [-0.15, -0.1) is 0 Å². The predicted molar refractivity (Wildman–Crippen MR) is 116 cm³/mol. The monoisotopic (exact) mass is 442 g/mol. The lowest BCUT2D eigenvalue weighted by Gasteiger charge is -2.11. The number of amides is 2. The largest absolute Gasteiger partial charge is 0.497 e. The molecule has 0 aliphatic rings. The summed E-state index contributed by atoms with van der Waals surface area (Å²) >= 11 is 5.96. The van der Waals surface area contributed by atoms with Crippen molar-refractivity contribution in [1.82, 2.24) is 9.78 Å². The average Bonchev–Trinajstić information content (AvgIpc) is 2.76. The molecule has 0 atom stereocenters. The molecule has 1 heterocycles. The second-order valence-electron chi connectivity index (χ2n) is 6.29. The number of halogens is 1. The fourth-order valence-corrected chi connectivity index (χ4v) is 2.83. The number of methoxy groups -OCH3 is 2. The van der Waals surface area contributed by atoms with Gasteiger partial charge in [0.25, 0.3) is 11.5 Å². The minimum absolute atomic E-state index is 0.0245. The number of aromatic nitrogens is 2. The van der Waals surface area contributed by atoms with Crippen LogP contribution in [0.15, 0.2) is 59.4 Å². The van der Waals surface area contributed by atoms with E-state index >= 15 is 0 Å². The van der Waals surface area contributed by atoms with Crippen LogP contribution in [-0.4, -0.2) is 35.8 Å². The molecule has 0 aliphatic heterocycles. The summed E-state index contributed by atoms with van der Waals surface area (Å²) in [6, 6.07) is 13.9. The summed E-state index contributed by atoms with van der Waals surface area (Å²) in [5.74, 6) is -0.0172. The Hall–Kier alpha value is -3.85. The highest BCUT2D eigenvalue weighted by Crippen LogP contribution is 2.27. The molecule has 0 fully saturated rings. The molecule has 0 radical (unpaired) electrons. The van der Waals surface area contributed by atoms with Crippen LogP contribution < -0.4 is 25.7 Å². The van der Waals surface area contributed by atoms with Crippen LogP contribution in [0.3, 0.4) is 0 Å². The maximum absolute atomic E-state index is 12.5. The van der Waals surface area contributed by atoms with Crippen molar-refractivity contribution in [2.24, 2.45) is 0 Å². The zero-order valence-electron chi connectivity index (χ0n) is 16.7. The van der Waals surface area contributed by atoms with Crippen molar-refractivity contribution in [2.45, 2.75) is 6.54 Å². The molecule has 0 unspecified atom stereocenters. The molecule has 3 aromatic rings. The van der Waals surface area contributed by atoms with Crippen molar-refractivity contribution in [3.05, 3.63) is 75.7 Å². The van der Waals surface area contributed by atoms with Crippen molar-refractivity contribution in [3.63, 3.8) is 0 Å². The van der Waals surface area contributed by atoms with Crippen molar-refractivity contribution in [1.29, 1.82) is 0 Å². The molecule has 0 spiro atoms. The highest BCUT2D eigenvalue weighted by molar-refractivity contribution is 6.31. The molecule has 0 aliphatic carbocycles. The zero-order valence-corrected chi connectivity index (χ0v) is 17.5. The van der Waals surface area contributed by atoms with Crippen molar-refractivity contribution >= 4 is 34.8 Å². The molecule has 3 rings (SSSR count). The van der Waals surface area contributed by atoms with Gasteiger partial charge >= 0.3 is 0 Å². The van der Waals surface area contributed by atoms with Gasteiger partial charge in [-0.25, -0.2) is 4.68 Å². The van der Waals surface area contributed by atoms with E-state index in [-0.39, 0.29) is 5.69 Å². The first-order valence-electron chi connectivity index (χ1n) is 9.06. The first-order valence-corrected chi connectivity index (χ1v) is 9.44. The van der Waals surface area contributed by atoms with E-state index in [0.29, 0.717) is 27.9 Å². The summed E-state index contributed by atoms with van der Waals surface area (Å²) < 4.78 is 11.1. The lowest BCUT2D eigenvalue weighted by Crippen LogP contribution is -2.31. The van der Waals surface area contributed by atoms with E-state index in [1.54, 1.807) is 43.5 Å². The van der Waals surface area contributed by atoms with Gasteiger partial charge in [0.1, 0.15) is 23.7 Å². The lowest BCUT2D eigenvalue weighted by molar-refractivity contribution is -0.117. The van der Waals surface area contributed by atoms with Gasteiger partial charge in [0.05, 0.1) is 19.9 Å². The Labute approximate surface area is 182 Å². The molecule has 160 valence electrons. The maximum atomic E-state index is 12.5. The number of benzene rings is 2. The number of carbonyl (C=O) groups is 2. The first-order chi connectivity index (χ1) is 14.9. The Bertz CT molecular complexity index is 1160. The van der Waals surface area contributed by atoms with Crippen molar-refractivity contribution in [2.75, 3.05) is 24.9 Å². The number of rotatable bonds is 7. The lowest BCUT2D eigenvalue weighted by atomic mass is 10.3. The third-order valence-corrected chi connectivity index (χ3v) is 4.41. The van der Waals surface area contributed by atoms with Crippen LogP contribution in [0, 0.1) is 0 Å². The number of hydrogen-bond donors (Lipinski definition) is 2. The highest BCUT2D eigenvalue weighted by atomic mass is 35.5. The van der Waals surface area contributed by atoms with Crippen LogP contribution >= 0.6 is 11.6 Å². The standard InChI is InChI=1S/C21H19ClN4O5/c1-30-15-6-4-14(5-7-15)23-21(29)16-8-10-20(28)26(25-16)12-19(27)24-17-11-13(22)3-9-18(17)31-2/h3-11H,12H2,1-2H3,(H,23,29)(H,24,27). The number of anilines is 2. The summed E-state index contributed by atoms with van der Waals surface area (Å²) in [5.41, 5.74) is 0.315. The summed E-state index contributed by atoms with van der Waals surface area (Å²) in [6.45, 7) is -0.405. The molecule has 2 aromatic carbocycles. The molecule has 1 aromatic heterocycles. The molecule has 9 nitrogen and oxygen atoms in total. The Morgan fingerprint density at radius 3 is 2.42 bits per heavy atom. The number of hydrogen-bond acceptors (Lipinski definition) is 6. The molecule has 0 saturated heterocycles. The van der Waals surface area contributed by atoms with E-state index < -0.39 is 23.9 Å². The normalized spacial score (nSPS) is 10.3. The second kappa shape index (κ2) is 9.77. The van der Waals surface area contributed by atoms with Crippen LogP contribution in [0.25, 0.3) is 0 Å². The van der Waals surface area contributed by atoms with Crippen molar-refractivity contribution < 1.29 is 19.1 Å². The fraction of sp³-hybridized carbons (Fsp3) is 0.143. The number of nitrogens with zero attached hydrogens (tertiary/aromatic N) is 2. The second-order valence-corrected chi connectivity index (χ2v) is 6.73. The van der Waals surface area contributed by atoms with E-state index in [9.17, 15) is 14.4 Å². The molecule has 2 N–H and O–H groups in total. The van der Waals surface area contributed by atoms with Crippen LogP contribution in [0.1, 0.15) is 10.5 Å². The van der Waals surface area contributed by atoms with E-state index in [4.69, 9.17) is 21.1 Å². The van der Waals surface area contributed by atoms with Crippen LogP contribution in [0.4, 0.5) is 11.4 Å². The summed E-state index contributed by atoms with van der Waals surface area (Å²) in [6.07, 6.45) is 0. The van der Waals surface area contributed by atoms with E-state index in [1.807, 2.05) is 0 Å². The Morgan fingerprint density at radius 1 is 1.00 bits per heavy atom. The van der Waals surface area contributed by atoms with Gasteiger partial charge in [0, 0.05) is 16.8 Å². The van der Waals surface area contributed by atoms with Crippen LogP contribution in [0.2, 0.25) is 5.02 Å². The number of nitrogens with one attached hydrogen (secondary N) is 2. The van der Waals surface area contributed by atoms with Gasteiger partial charge in [-0.1, -0.05) is 11.6 Å². The minimum Gasteiger partial charge on any atom is -0.497 e. The minimum atomic E-state index is -0.539. The molecule has 31 heavy (non-hydrogen) atoms. The first kappa shape index (κ1) is 21.8. The molecule has 0 bridgehead atoms. The summed E-state index contributed by atoms with van der Waals surface area (Å²) in [4.78, 5) is 37.0. The quantitative estimate of drug-likeness (QED) is 0.582. The van der Waals surface area contributed by atoms with Crippen LogP contribution in [0.5, 0.6) is 11.5 Å². The Balaban J connectivity index is 1.73. The number of carbonyl (C=O) groups excluding carboxylic acids is 2. The Kier molecular flexibility index (Phi) is 6.88. The topological polar surface area (TPSA) is 112 Å². The van der Waals surface area contributed by atoms with Crippen LogP contribution in [-0.2, 0) is 11.3 Å². The van der Waals surface area contributed by atoms with Crippen molar-refractivity contribution in [3.8, 4) is 11.5 Å². The molecule has 10 heteroatoms. The summed E-state index contributed by atoms with van der Waals surface area (Å²) in [7, 11) is 3.00. The third-order valence-electron chi connectivity index (χ3n) is 4.18. The zero-order chi connectivity index (χ0) is 22.4. The average molecular weight is 443 g/mol. The molecular formula is C21H19ClN4O5. The van der Waals surface area contributed by atoms with Gasteiger partial charge in [-0.2, -0.15) is 5.10 Å².